The highest BCUT2D eigenvalue weighted by atomic mass is 16.5. The summed E-state index contributed by atoms with van der Waals surface area (Å²) in [6.45, 7) is 4.59. The molecule has 2 aliphatic heterocycles. The lowest BCUT2D eigenvalue weighted by molar-refractivity contribution is 0.0903. The van der Waals surface area contributed by atoms with E-state index in [4.69, 9.17) is 4.74 Å². The zero-order valence-corrected chi connectivity index (χ0v) is 15.5. The van der Waals surface area contributed by atoms with E-state index < -0.39 is 0 Å². The third-order valence-electron chi connectivity index (χ3n) is 5.14. The van der Waals surface area contributed by atoms with Crippen molar-refractivity contribution in [3.05, 3.63) is 53.3 Å². The highest BCUT2D eigenvalue weighted by Gasteiger charge is 2.26. The Morgan fingerprint density at radius 3 is 2.78 bits per heavy atom. The quantitative estimate of drug-likeness (QED) is 0.869. The van der Waals surface area contributed by atoms with Gasteiger partial charge in [-0.3, -0.25) is 0 Å². The number of fused-ring (bicyclic) bond motifs is 1. The van der Waals surface area contributed by atoms with Crippen LogP contribution in [0, 0.1) is 0 Å². The van der Waals surface area contributed by atoms with Crippen molar-refractivity contribution >= 4 is 12.0 Å². The molecule has 0 spiro atoms. The second-order valence-corrected chi connectivity index (χ2v) is 7.13. The molecule has 3 heterocycles. The summed E-state index contributed by atoms with van der Waals surface area (Å²) in [5, 5.41) is 6.45. The number of carbonyl (C=O) groups is 1. The highest BCUT2D eigenvalue weighted by Crippen LogP contribution is 2.23. The average molecular weight is 367 g/mol. The van der Waals surface area contributed by atoms with Crippen LogP contribution in [0.3, 0.4) is 0 Å². The summed E-state index contributed by atoms with van der Waals surface area (Å²) < 4.78 is 5.38. The number of hydrogen-bond acceptors (Lipinski definition) is 5. The van der Waals surface area contributed by atoms with Gasteiger partial charge < -0.3 is 20.3 Å². The Morgan fingerprint density at radius 1 is 1.22 bits per heavy atom. The Hall–Kier alpha value is -2.67. The molecule has 0 aliphatic carbocycles. The van der Waals surface area contributed by atoms with Gasteiger partial charge in [-0.15, -0.1) is 0 Å². The van der Waals surface area contributed by atoms with Crippen molar-refractivity contribution in [1.82, 2.24) is 20.2 Å². The van der Waals surface area contributed by atoms with Crippen molar-refractivity contribution in [1.29, 1.82) is 0 Å². The first-order valence-electron chi connectivity index (χ1n) is 9.48. The average Bonchev–Trinajstić information content (AvgIpc) is 3.13. The Morgan fingerprint density at radius 2 is 2.00 bits per heavy atom. The molecule has 1 aromatic carbocycles. The van der Waals surface area contributed by atoms with Crippen LogP contribution in [0.15, 0.2) is 36.5 Å². The summed E-state index contributed by atoms with van der Waals surface area (Å²) in [7, 11) is 0. The molecule has 0 bridgehead atoms. The summed E-state index contributed by atoms with van der Waals surface area (Å²) >= 11 is 0. The normalized spacial score (nSPS) is 18.0. The molecule has 1 atom stereocenters. The van der Waals surface area contributed by atoms with E-state index >= 15 is 0 Å². The predicted octanol–water partition coefficient (Wildman–Crippen LogP) is 2.85. The molecule has 1 saturated heterocycles. The van der Waals surface area contributed by atoms with Crippen LogP contribution in [0.4, 0.5) is 10.7 Å². The van der Waals surface area contributed by atoms with Crippen LogP contribution in [-0.2, 0) is 17.8 Å². The Kier molecular flexibility index (Phi) is 5.20. The number of nitrogens with zero attached hydrogens (tertiary/aromatic N) is 3. The lowest BCUT2D eigenvalue weighted by Crippen LogP contribution is -2.37. The van der Waals surface area contributed by atoms with Crippen LogP contribution in [0.2, 0.25) is 0 Å². The second kappa shape index (κ2) is 7.92. The molecule has 27 heavy (non-hydrogen) atoms. The van der Waals surface area contributed by atoms with E-state index in [0.29, 0.717) is 25.1 Å². The van der Waals surface area contributed by atoms with Gasteiger partial charge in [-0.05, 0) is 25.3 Å². The van der Waals surface area contributed by atoms with Crippen LogP contribution < -0.4 is 10.6 Å². The van der Waals surface area contributed by atoms with Crippen LogP contribution in [0.5, 0.6) is 0 Å². The second-order valence-electron chi connectivity index (χ2n) is 7.13. The first-order valence-corrected chi connectivity index (χ1v) is 9.48. The fourth-order valence-electron chi connectivity index (χ4n) is 3.49. The summed E-state index contributed by atoms with van der Waals surface area (Å²) in [4.78, 5) is 23.5. The monoisotopic (exact) mass is 367 g/mol. The molecule has 2 aromatic rings. The fourth-order valence-corrected chi connectivity index (χ4v) is 3.49. The van der Waals surface area contributed by atoms with Gasteiger partial charge in [-0.25, -0.2) is 14.8 Å². The van der Waals surface area contributed by atoms with Gasteiger partial charge in [0.25, 0.3) is 0 Å². The lowest BCUT2D eigenvalue weighted by Gasteiger charge is -2.23. The number of aromatic nitrogens is 2. The minimum absolute atomic E-state index is 0.0424. The molecule has 2 aliphatic rings. The highest BCUT2D eigenvalue weighted by molar-refractivity contribution is 5.75. The van der Waals surface area contributed by atoms with Gasteiger partial charge >= 0.3 is 6.03 Å². The van der Waals surface area contributed by atoms with E-state index in [-0.39, 0.29) is 12.1 Å². The van der Waals surface area contributed by atoms with Gasteiger partial charge in [0.15, 0.2) is 0 Å². The molecule has 1 fully saturated rings. The van der Waals surface area contributed by atoms with Gasteiger partial charge in [-0.2, -0.15) is 0 Å². The Bertz CT molecular complexity index is 792. The zero-order valence-electron chi connectivity index (χ0n) is 15.5. The Balaban J connectivity index is 1.36. The number of amides is 2. The standard InChI is InChI=1S/C20H25N5O2/c1-14(15-5-3-2-4-6-15)22-20(26)25-12-16-11-21-19(24-18(16)13-25)23-17-7-9-27-10-8-17/h2-6,11,14,17H,7-10,12-13H2,1H3,(H,22,26)(H,21,23,24). The summed E-state index contributed by atoms with van der Waals surface area (Å²) in [5.41, 5.74) is 3.02. The first-order chi connectivity index (χ1) is 13.2. The van der Waals surface area contributed by atoms with Crippen LogP contribution in [0.1, 0.15) is 42.6 Å². The zero-order chi connectivity index (χ0) is 18.6. The van der Waals surface area contributed by atoms with E-state index in [9.17, 15) is 4.79 Å². The van der Waals surface area contributed by atoms with Gasteiger partial charge in [0.1, 0.15) is 0 Å². The molecular formula is C20H25N5O2. The van der Waals surface area contributed by atoms with Crippen LogP contribution in [-0.4, -0.2) is 40.2 Å². The molecule has 0 saturated carbocycles. The first kappa shape index (κ1) is 17.7. The van der Waals surface area contributed by atoms with E-state index in [0.717, 1.165) is 42.9 Å². The third-order valence-corrected chi connectivity index (χ3v) is 5.14. The molecule has 4 rings (SSSR count). The van der Waals surface area contributed by atoms with E-state index in [1.807, 2.05) is 43.5 Å². The molecule has 1 aromatic heterocycles. The number of carbonyl (C=O) groups excluding carboxylic acids is 1. The van der Waals surface area contributed by atoms with E-state index in [2.05, 4.69) is 20.6 Å². The number of nitrogens with one attached hydrogen (secondary N) is 2. The minimum atomic E-state index is -0.0803. The lowest BCUT2D eigenvalue weighted by atomic mass is 10.1. The number of rotatable bonds is 4. The summed E-state index contributed by atoms with van der Waals surface area (Å²) in [5.74, 6) is 0.639. The summed E-state index contributed by atoms with van der Waals surface area (Å²) in [6.07, 6.45) is 3.76. The van der Waals surface area contributed by atoms with Gasteiger partial charge in [0.05, 0.1) is 24.8 Å². The maximum Gasteiger partial charge on any atom is 0.318 e. The molecule has 7 heteroatoms. The maximum atomic E-state index is 12.6. The number of ether oxygens (including phenoxy) is 1. The van der Waals surface area contributed by atoms with Gasteiger partial charge in [-0.1, -0.05) is 30.3 Å². The van der Waals surface area contributed by atoms with Crippen LogP contribution >= 0.6 is 0 Å². The minimum Gasteiger partial charge on any atom is -0.381 e. The maximum absolute atomic E-state index is 12.6. The number of benzene rings is 1. The van der Waals surface area contributed by atoms with E-state index in [1.54, 1.807) is 4.90 Å². The number of anilines is 1. The van der Waals surface area contributed by atoms with E-state index in [1.165, 1.54) is 0 Å². The van der Waals surface area contributed by atoms with Crippen LogP contribution in [0.25, 0.3) is 0 Å². The topological polar surface area (TPSA) is 79.4 Å². The number of urea groups is 1. The molecular weight excluding hydrogens is 342 g/mol. The van der Waals surface area contributed by atoms with Crippen molar-refractivity contribution in [2.45, 2.75) is 44.9 Å². The van der Waals surface area contributed by atoms with Crippen molar-refractivity contribution < 1.29 is 9.53 Å². The van der Waals surface area contributed by atoms with Crippen molar-refractivity contribution in [2.24, 2.45) is 0 Å². The SMILES string of the molecule is CC(NC(=O)N1Cc2cnc(NC3CCOCC3)nc2C1)c1ccccc1. The predicted molar refractivity (Wildman–Crippen MR) is 102 cm³/mol. The molecule has 1 unspecified atom stereocenters. The molecule has 7 nitrogen and oxygen atoms in total. The Labute approximate surface area is 159 Å². The van der Waals surface area contributed by atoms with Crippen molar-refractivity contribution in [2.75, 3.05) is 18.5 Å². The number of hydrogen-bond donors (Lipinski definition) is 2. The van der Waals surface area contributed by atoms with Gasteiger partial charge in [0.2, 0.25) is 5.95 Å². The molecule has 142 valence electrons. The molecule has 2 amide bonds. The largest absolute Gasteiger partial charge is 0.381 e. The van der Waals surface area contributed by atoms with Crippen molar-refractivity contribution in [3.8, 4) is 0 Å². The summed E-state index contributed by atoms with van der Waals surface area (Å²) in [6, 6.07) is 10.2. The molecule has 0 radical (unpaired) electrons. The van der Waals surface area contributed by atoms with Crippen molar-refractivity contribution in [3.63, 3.8) is 0 Å². The third kappa shape index (κ3) is 4.19. The van der Waals surface area contributed by atoms with Gasteiger partial charge in [0, 0.05) is 31.0 Å². The smallest absolute Gasteiger partial charge is 0.318 e. The fraction of sp³-hybridized carbons (Fsp3) is 0.450. The molecule has 2 N–H and O–H groups in total.